The number of carbonyl (C=O) groups is 1. The van der Waals surface area contributed by atoms with Gasteiger partial charge in [0.25, 0.3) is 5.91 Å². The fourth-order valence-electron chi connectivity index (χ4n) is 4.51. The molecule has 1 N–H and O–H groups in total. The quantitative estimate of drug-likeness (QED) is 0.569. The summed E-state index contributed by atoms with van der Waals surface area (Å²) in [6.45, 7) is 1.65. The van der Waals surface area contributed by atoms with E-state index in [1.54, 1.807) is 21.8 Å². The molecular formula is C20H20FN7O3. The van der Waals surface area contributed by atoms with E-state index in [1.807, 2.05) is 7.05 Å². The lowest BCUT2D eigenvalue weighted by Gasteiger charge is -2.26. The Morgan fingerprint density at radius 2 is 2.19 bits per heavy atom. The van der Waals surface area contributed by atoms with Crippen molar-refractivity contribution in [2.24, 2.45) is 0 Å². The number of rotatable bonds is 0. The van der Waals surface area contributed by atoms with Crippen molar-refractivity contribution in [3.05, 3.63) is 47.7 Å². The van der Waals surface area contributed by atoms with Crippen LogP contribution in [0, 0.1) is 5.82 Å². The van der Waals surface area contributed by atoms with Gasteiger partial charge in [0.2, 0.25) is 5.88 Å². The summed E-state index contributed by atoms with van der Waals surface area (Å²) in [6, 6.07) is 2.58. The highest BCUT2D eigenvalue weighted by molar-refractivity contribution is 6.00. The van der Waals surface area contributed by atoms with Crippen molar-refractivity contribution in [3.8, 4) is 5.88 Å². The van der Waals surface area contributed by atoms with Gasteiger partial charge in [-0.1, -0.05) is 0 Å². The fraction of sp³-hybridized carbons (Fsp3) is 0.400. The lowest BCUT2D eigenvalue weighted by atomic mass is 10.1. The number of halogens is 1. The Balaban J connectivity index is 1.54. The zero-order valence-electron chi connectivity index (χ0n) is 16.7. The Morgan fingerprint density at radius 3 is 3.10 bits per heavy atom. The van der Waals surface area contributed by atoms with Crippen LogP contribution in [0.5, 0.6) is 5.88 Å². The molecule has 0 aromatic carbocycles. The van der Waals surface area contributed by atoms with Gasteiger partial charge in [0.1, 0.15) is 17.5 Å². The summed E-state index contributed by atoms with van der Waals surface area (Å²) in [5, 5.41) is 8.93. The molecule has 10 nitrogen and oxygen atoms in total. The Bertz CT molecular complexity index is 1180. The molecule has 31 heavy (non-hydrogen) atoms. The zero-order chi connectivity index (χ0) is 21.1. The van der Waals surface area contributed by atoms with Crippen LogP contribution in [0.25, 0.3) is 5.65 Å². The topological polar surface area (TPSA) is 97.1 Å². The van der Waals surface area contributed by atoms with Crippen LogP contribution < -0.4 is 15.1 Å². The number of hydrogen-bond acceptors (Lipinski definition) is 8. The van der Waals surface area contributed by atoms with Crippen LogP contribution in [0.2, 0.25) is 0 Å². The predicted molar refractivity (Wildman–Crippen MR) is 106 cm³/mol. The van der Waals surface area contributed by atoms with Gasteiger partial charge >= 0.3 is 0 Å². The van der Waals surface area contributed by atoms with Gasteiger partial charge < -0.3 is 15.0 Å². The molecule has 0 spiro atoms. The number of carbonyl (C=O) groups excluding carboxylic acids is 1. The van der Waals surface area contributed by atoms with E-state index in [1.165, 1.54) is 12.3 Å². The summed E-state index contributed by atoms with van der Waals surface area (Å²) in [5.41, 5.74) is 1.38. The fourth-order valence-corrected chi connectivity index (χ4v) is 4.51. The van der Waals surface area contributed by atoms with Gasteiger partial charge in [-0.2, -0.15) is 5.10 Å². The first kappa shape index (κ1) is 18.5. The summed E-state index contributed by atoms with van der Waals surface area (Å²) in [6.07, 6.45) is 4.64. The minimum absolute atomic E-state index is 0.271. The number of anilines is 1. The van der Waals surface area contributed by atoms with Crippen LogP contribution in [0.15, 0.2) is 30.7 Å². The van der Waals surface area contributed by atoms with E-state index in [4.69, 9.17) is 9.57 Å². The molecule has 11 heteroatoms. The first-order valence-corrected chi connectivity index (χ1v) is 10.1. The van der Waals surface area contributed by atoms with E-state index >= 15 is 0 Å². The smallest absolute Gasteiger partial charge is 0.257 e. The van der Waals surface area contributed by atoms with Gasteiger partial charge in [-0.3, -0.25) is 9.63 Å². The molecule has 3 aromatic rings. The zero-order valence-corrected chi connectivity index (χ0v) is 16.7. The van der Waals surface area contributed by atoms with Crippen molar-refractivity contribution in [2.45, 2.75) is 24.6 Å². The molecule has 3 aliphatic rings. The molecule has 3 aromatic heterocycles. The second-order valence-electron chi connectivity index (χ2n) is 8.08. The maximum Gasteiger partial charge on any atom is 0.257 e. The molecule has 3 atom stereocenters. The Hall–Kier alpha value is -3.31. The average molecular weight is 425 g/mol. The van der Waals surface area contributed by atoms with Gasteiger partial charge in [-0.05, 0) is 13.1 Å². The lowest BCUT2D eigenvalue weighted by Crippen LogP contribution is -2.45. The van der Waals surface area contributed by atoms with Crippen LogP contribution in [0.1, 0.15) is 28.4 Å². The summed E-state index contributed by atoms with van der Waals surface area (Å²) < 4.78 is 22.0. The maximum atomic E-state index is 14.2. The van der Waals surface area contributed by atoms with E-state index in [9.17, 15) is 9.18 Å². The molecule has 2 saturated heterocycles. The Labute approximate surface area is 176 Å². The SMILES string of the molecule is CN1C[C@@H]2Oc3ncc(F)cc3[C@H]3CCON3c3ccn4ncc(c4n3)C(=O)N[C@@H]2C1. The van der Waals surface area contributed by atoms with Crippen LogP contribution in [0.3, 0.4) is 0 Å². The number of amides is 1. The molecular weight excluding hydrogens is 405 g/mol. The number of ether oxygens (including phenoxy) is 1. The van der Waals surface area contributed by atoms with Crippen molar-refractivity contribution < 1.29 is 18.8 Å². The van der Waals surface area contributed by atoms with E-state index < -0.39 is 5.82 Å². The van der Waals surface area contributed by atoms with Gasteiger partial charge in [0.15, 0.2) is 11.5 Å². The van der Waals surface area contributed by atoms with E-state index in [2.05, 4.69) is 25.3 Å². The van der Waals surface area contributed by atoms with Crippen molar-refractivity contribution in [2.75, 3.05) is 31.8 Å². The highest BCUT2D eigenvalue weighted by atomic mass is 19.1. The van der Waals surface area contributed by atoms with E-state index in [-0.39, 0.29) is 24.1 Å². The third kappa shape index (κ3) is 3.00. The van der Waals surface area contributed by atoms with Crippen molar-refractivity contribution in [1.82, 2.24) is 29.8 Å². The first-order valence-electron chi connectivity index (χ1n) is 10.1. The molecule has 160 valence electrons. The minimum Gasteiger partial charge on any atom is -0.470 e. The third-order valence-electron chi connectivity index (χ3n) is 5.96. The molecule has 0 aliphatic carbocycles. The van der Waals surface area contributed by atoms with Crippen LogP contribution >= 0.6 is 0 Å². The van der Waals surface area contributed by atoms with Gasteiger partial charge in [-0.25, -0.2) is 23.9 Å². The van der Waals surface area contributed by atoms with Crippen molar-refractivity contribution >= 4 is 17.4 Å². The second-order valence-corrected chi connectivity index (χ2v) is 8.08. The number of nitrogens with one attached hydrogen (secondary N) is 1. The number of pyridine rings is 1. The average Bonchev–Trinajstić information content (AvgIpc) is 3.46. The highest BCUT2D eigenvalue weighted by Crippen LogP contribution is 2.38. The van der Waals surface area contributed by atoms with E-state index in [0.717, 1.165) is 6.20 Å². The normalized spacial score (nSPS) is 25.8. The summed E-state index contributed by atoms with van der Waals surface area (Å²) in [5.74, 6) is 0.107. The van der Waals surface area contributed by atoms with Crippen LogP contribution in [-0.2, 0) is 4.84 Å². The predicted octanol–water partition coefficient (Wildman–Crippen LogP) is 0.951. The standard InChI is InChI=1S/C20H20FN7O3/c1-26-9-14-16(10-26)31-20-12(6-11(21)7-22-20)15-3-5-30-28(15)17-2-4-27-18(25-17)13(8-23-27)19(29)24-14/h2,4,6-8,14-16H,3,5,9-10H2,1H3,(H,24,29)/t14-,15-,16+/m1/s1. The summed E-state index contributed by atoms with van der Waals surface area (Å²) in [7, 11) is 1.96. The van der Waals surface area contributed by atoms with Gasteiger partial charge in [-0.15, -0.1) is 0 Å². The number of aromatic nitrogens is 4. The van der Waals surface area contributed by atoms with Crippen molar-refractivity contribution in [3.63, 3.8) is 0 Å². The number of nitrogens with zero attached hydrogens (tertiary/aromatic N) is 6. The number of fused-ring (bicyclic) bond motifs is 6. The van der Waals surface area contributed by atoms with Gasteiger partial charge in [0, 0.05) is 37.3 Å². The number of likely N-dealkylation sites (N-methyl/N-ethyl adjacent to an activating group) is 1. The molecule has 0 unspecified atom stereocenters. The lowest BCUT2D eigenvalue weighted by molar-refractivity contribution is 0.0902. The Morgan fingerprint density at radius 1 is 1.29 bits per heavy atom. The van der Waals surface area contributed by atoms with E-state index in [0.29, 0.717) is 54.6 Å². The minimum atomic E-state index is -0.451. The molecule has 2 bridgehead atoms. The number of hydrogen-bond donors (Lipinski definition) is 1. The number of likely N-dealkylation sites (tertiary alicyclic amines) is 1. The molecule has 1 amide bonds. The summed E-state index contributed by atoms with van der Waals surface area (Å²) in [4.78, 5) is 29.9. The summed E-state index contributed by atoms with van der Waals surface area (Å²) >= 11 is 0. The first-order chi connectivity index (χ1) is 15.1. The van der Waals surface area contributed by atoms with Crippen LogP contribution in [-0.4, -0.2) is 69.3 Å². The van der Waals surface area contributed by atoms with Gasteiger partial charge in [0.05, 0.1) is 31.1 Å². The van der Waals surface area contributed by atoms with Crippen LogP contribution in [0.4, 0.5) is 10.2 Å². The second kappa shape index (κ2) is 6.86. The highest BCUT2D eigenvalue weighted by Gasteiger charge is 2.38. The number of hydroxylamine groups is 1. The Kier molecular flexibility index (Phi) is 4.08. The molecule has 3 aliphatic heterocycles. The largest absolute Gasteiger partial charge is 0.470 e. The maximum absolute atomic E-state index is 14.2. The monoisotopic (exact) mass is 425 g/mol. The molecule has 6 heterocycles. The third-order valence-corrected chi connectivity index (χ3v) is 5.96. The molecule has 0 saturated carbocycles. The molecule has 6 rings (SSSR count). The molecule has 0 radical (unpaired) electrons. The molecule has 2 fully saturated rings. The van der Waals surface area contributed by atoms with Crippen molar-refractivity contribution in [1.29, 1.82) is 0 Å².